The standard InChI is InChI=1S/C17H14FNO4/c1-8(2)9-4-5-13-10(6-9)14(20)11-7-12(17(21)22-3)15(18)19-16(11)23-13/h4-8H,1-3H3. The third-order valence-electron chi connectivity index (χ3n) is 3.71. The van der Waals surface area contributed by atoms with Gasteiger partial charge in [0, 0.05) is 0 Å². The van der Waals surface area contributed by atoms with Gasteiger partial charge in [0.05, 0.1) is 17.9 Å². The number of halogens is 1. The monoisotopic (exact) mass is 315 g/mol. The van der Waals surface area contributed by atoms with Crippen molar-refractivity contribution < 1.29 is 18.3 Å². The summed E-state index contributed by atoms with van der Waals surface area (Å²) in [5, 5.41) is 0.410. The second kappa shape index (κ2) is 5.46. The van der Waals surface area contributed by atoms with E-state index in [-0.39, 0.29) is 22.4 Å². The summed E-state index contributed by atoms with van der Waals surface area (Å²) in [5.41, 5.74) is 0.398. The van der Waals surface area contributed by atoms with Gasteiger partial charge in [-0.2, -0.15) is 9.37 Å². The lowest BCUT2D eigenvalue weighted by atomic mass is 10.0. The molecular formula is C17H14FNO4. The maximum atomic E-state index is 13.9. The molecule has 0 aliphatic rings. The molecule has 0 bridgehead atoms. The van der Waals surface area contributed by atoms with E-state index in [0.717, 1.165) is 18.7 Å². The molecule has 1 aromatic carbocycles. The number of esters is 1. The van der Waals surface area contributed by atoms with Crippen molar-refractivity contribution in [3.05, 3.63) is 51.6 Å². The number of aromatic nitrogens is 1. The molecule has 118 valence electrons. The topological polar surface area (TPSA) is 69.4 Å². The number of pyridine rings is 1. The van der Waals surface area contributed by atoms with Gasteiger partial charge in [-0.05, 0) is 29.7 Å². The van der Waals surface area contributed by atoms with Gasteiger partial charge in [0.2, 0.25) is 17.1 Å². The fourth-order valence-corrected chi connectivity index (χ4v) is 2.39. The molecule has 0 amide bonds. The smallest absolute Gasteiger partial charge is 0.342 e. The molecule has 0 unspecified atom stereocenters. The predicted molar refractivity (Wildman–Crippen MR) is 83.2 cm³/mol. The molecule has 3 rings (SSSR count). The SMILES string of the molecule is COC(=O)c1cc2c(=O)c3cc(C(C)C)ccc3oc2nc1F. The van der Waals surface area contributed by atoms with Crippen LogP contribution in [0.25, 0.3) is 22.1 Å². The highest BCUT2D eigenvalue weighted by molar-refractivity contribution is 5.95. The number of hydrogen-bond donors (Lipinski definition) is 0. The molecule has 0 fully saturated rings. The Hall–Kier alpha value is -2.76. The van der Waals surface area contributed by atoms with E-state index in [2.05, 4.69) is 9.72 Å². The van der Waals surface area contributed by atoms with Crippen LogP contribution in [0, 0.1) is 5.95 Å². The number of carbonyl (C=O) groups excluding carboxylic acids is 1. The lowest BCUT2D eigenvalue weighted by Crippen LogP contribution is -2.10. The molecule has 0 saturated heterocycles. The average molecular weight is 315 g/mol. The van der Waals surface area contributed by atoms with E-state index in [1.807, 2.05) is 19.9 Å². The number of nitrogens with zero attached hydrogens (tertiary/aromatic N) is 1. The molecule has 3 aromatic rings. The molecule has 2 heterocycles. The normalized spacial score (nSPS) is 11.3. The van der Waals surface area contributed by atoms with Gasteiger partial charge in [-0.15, -0.1) is 0 Å². The number of rotatable bonds is 2. The number of benzene rings is 1. The summed E-state index contributed by atoms with van der Waals surface area (Å²) in [6.07, 6.45) is 0. The predicted octanol–water partition coefficient (Wildman–Crippen LogP) is 3.39. The second-order valence-corrected chi connectivity index (χ2v) is 5.51. The number of ether oxygens (including phenoxy) is 1. The first-order valence-corrected chi connectivity index (χ1v) is 7.07. The summed E-state index contributed by atoms with van der Waals surface area (Å²) in [6, 6.07) is 6.38. The van der Waals surface area contributed by atoms with Gasteiger partial charge in [0.15, 0.2) is 0 Å². The molecule has 0 saturated carbocycles. The summed E-state index contributed by atoms with van der Waals surface area (Å²) in [4.78, 5) is 27.8. The number of fused-ring (bicyclic) bond motifs is 2. The van der Waals surface area contributed by atoms with E-state index >= 15 is 0 Å². The van der Waals surface area contributed by atoms with Crippen molar-refractivity contribution in [3.8, 4) is 0 Å². The minimum Gasteiger partial charge on any atom is -0.465 e. The zero-order valence-electron chi connectivity index (χ0n) is 12.8. The van der Waals surface area contributed by atoms with Crippen LogP contribution in [0.4, 0.5) is 4.39 Å². The highest BCUT2D eigenvalue weighted by Crippen LogP contribution is 2.23. The van der Waals surface area contributed by atoms with Crippen LogP contribution < -0.4 is 5.43 Å². The second-order valence-electron chi connectivity index (χ2n) is 5.51. The summed E-state index contributed by atoms with van der Waals surface area (Å²) >= 11 is 0. The van der Waals surface area contributed by atoms with Crippen LogP contribution in [0.3, 0.4) is 0 Å². The van der Waals surface area contributed by atoms with Crippen molar-refractivity contribution in [3.63, 3.8) is 0 Å². The Balaban J connectivity index is 2.38. The molecule has 0 atom stereocenters. The van der Waals surface area contributed by atoms with Crippen molar-refractivity contribution in [1.29, 1.82) is 0 Å². The molecule has 0 aliphatic heterocycles. The van der Waals surface area contributed by atoms with E-state index in [9.17, 15) is 14.0 Å². The summed E-state index contributed by atoms with van der Waals surface area (Å²) < 4.78 is 23.9. The molecule has 2 aromatic heterocycles. The van der Waals surface area contributed by atoms with Crippen LogP contribution in [0.5, 0.6) is 0 Å². The molecule has 6 heteroatoms. The van der Waals surface area contributed by atoms with Crippen LogP contribution in [0.2, 0.25) is 0 Å². The zero-order chi connectivity index (χ0) is 16.7. The van der Waals surface area contributed by atoms with Crippen molar-refractivity contribution in [2.75, 3.05) is 7.11 Å². The van der Waals surface area contributed by atoms with Crippen molar-refractivity contribution in [1.82, 2.24) is 4.98 Å². The summed E-state index contributed by atoms with van der Waals surface area (Å²) in [6.45, 7) is 4.02. The first kappa shape index (κ1) is 15.1. The Morgan fingerprint density at radius 3 is 2.65 bits per heavy atom. The van der Waals surface area contributed by atoms with Crippen LogP contribution >= 0.6 is 0 Å². The zero-order valence-corrected chi connectivity index (χ0v) is 12.8. The van der Waals surface area contributed by atoms with Gasteiger partial charge < -0.3 is 9.15 Å². The maximum absolute atomic E-state index is 13.9. The van der Waals surface area contributed by atoms with E-state index in [1.54, 1.807) is 12.1 Å². The summed E-state index contributed by atoms with van der Waals surface area (Å²) in [5.74, 6) is -1.69. The molecule has 0 N–H and O–H groups in total. The minimum absolute atomic E-state index is 0.0419. The van der Waals surface area contributed by atoms with Crippen LogP contribution in [0.1, 0.15) is 35.7 Å². The van der Waals surface area contributed by atoms with Gasteiger partial charge in [-0.3, -0.25) is 4.79 Å². The quantitative estimate of drug-likeness (QED) is 0.412. The van der Waals surface area contributed by atoms with Crippen LogP contribution in [-0.2, 0) is 4.74 Å². The average Bonchev–Trinajstić information content (AvgIpc) is 2.53. The molecular weight excluding hydrogens is 301 g/mol. The Morgan fingerprint density at radius 1 is 1.26 bits per heavy atom. The Morgan fingerprint density at radius 2 is 2.00 bits per heavy atom. The Kier molecular flexibility index (Phi) is 3.60. The van der Waals surface area contributed by atoms with E-state index in [4.69, 9.17) is 4.42 Å². The summed E-state index contributed by atoms with van der Waals surface area (Å²) in [7, 11) is 1.13. The van der Waals surface area contributed by atoms with E-state index in [1.165, 1.54) is 0 Å². The minimum atomic E-state index is -1.04. The van der Waals surface area contributed by atoms with Crippen LogP contribution in [0.15, 0.2) is 33.5 Å². The van der Waals surface area contributed by atoms with Crippen LogP contribution in [-0.4, -0.2) is 18.1 Å². The molecule has 23 heavy (non-hydrogen) atoms. The first-order chi connectivity index (χ1) is 10.9. The largest absolute Gasteiger partial charge is 0.465 e. The van der Waals surface area contributed by atoms with Gasteiger partial charge in [-0.1, -0.05) is 19.9 Å². The first-order valence-electron chi connectivity index (χ1n) is 7.07. The van der Waals surface area contributed by atoms with Crippen molar-refractivity contribution >= 4 is 28.0 Å². The fraction of sp³-hybridized carbons (Fsp3) is 0.235. The highest BCUT2D eigenvalue weighted by Gasteiger charge is 2.19. The maximum Gasteiger partial charge on any atom is 0.342 e. The number of carbonyl (C=O) groups is 1. The Labute approximate surface area is 130 Å². The molecule has 0 aliphatic carbocycles. The number of methoxy groups -OCH3 is 1. The highest BCUT2D eigenvalue weighted by atomic mass is 19.1. The Bertz CT molecular complexity index is 991. The third kappa shape index (κ3) is 2.46. The lowest BCUT2D eigenvalue weighted by molar-refractivity contribution is 0.0594. The van der Waals surface area contributed by atoms with E-state index < -0.39 is 17.5 Å². The van der Waals surface area contributed by atoms with Gasteiger partial charge in [0.25, 0.3) is 0 Å². The van der Waals surface area contributed by atoms with Crippen molar-refractivity contribution in [2.24, 2.45) is 0 Å². The van der Waals surface area contributed by atoms with Gasteiger partial charge in [-0.25, -0.2) is 4.79 Å². The third-order valence-corrected chi connectivity index (χ3v) is 3.71. The van der Waals surface area contributed by atoms with E-state index in [0.29, 0.717) is 11.0 Å². The molecule has 0 spiro atoms. The number of hydrogen-bond acceptors (Lipinski definition) is 5. The molecule has 5 nitrogen and oxygen atoms in total. The van der Waals surface area contributed by atoms with Crippen molar-refractivity contribution in [2.45, 2.75) is 19.8 Å². The fourth-order valence-electron chi connectivity index (χ4n) is 2.39. The lowest BCUT2D eigenvalue weighted by Gasteiger charge is -2.07. The van der Waals surface area contributed by atoms with Gasteiger partial charge in [0.1, 0.15) is 11.1 Å². The van der Waals surface area contributed by atoms with Gasteiger partial charge >= 0.3 is 5.97 Å². The molecule has 0 radical (unpaired) electrons.